The number of rotatable bonds is 5. The summed E-state index contributed by atoms with van der Waals surface area (Å²) >= 11 is 11.8. The Morgan fingerprint density at radius 2 is 1.70 bits per heavy atom. The van der Waals surface area contributed by atoms with Crippen LogP contribution in [0.1, 0.15) is 19.4 Å². The zero-order valence-corrected chi connectivity index (χ0v) is 14.9. The Balaban J connectivity index is 2.24. The summed E-state index contributed by atoms with van der Waals surface area (Å²) in [6, 6.07) is 10.2. The zero-order chi connectivity index (χ0) is 17.3. The molecule has 2 rings (SSSR count). The van der Waals surface area contributed by atoms with Crippen molar-refractivity contribution in [1.29, 1.82) is 0 Å². The Morgan fingerprint density at radius 1 is 1.09 bits per heavy atom. The molecule has 0 fully saturated rings. The molecule has 23 heavy (non-hydrogen) atoms. The predicted octanol–water partition coefficient (Wildman–Crippen LogP) is 4.43. The van der Waals surface area contributed by atoms with Crippen molar-refractivity contribution in [3.05, 3.63) is 63.9 Å². The first-order chi connectivity index (χ1) is 10.6. The summed E-state index contributed by atoms with van der Waals surface area (Å²) in [5.74, 6) is -0.335. The van der Waals surface area contributed by atoms with Gasteiger partial charge in [0.2, 0.25) is 10.0 Å². The Morgan fingerprint density at radius 3 is 2.30 bits per heavy atom. The van der Waals surface area contributed by atoms with Gasteiger partial charge in [0.15, 0.2) is 0 Å². The molecule has 7 heteroatoms. The van der Waals surface area contributed by atoms with Gasteiger partial charge in [-0.15, -0.1) is 0 Å². The largest absolute Gasteiger partial charge is 0.242 e. The lowest BCUT2D eigenvalue weighted by Gasteiger charge is -2.26. The molecule has 0 aromatic heterocycles. The van der Waals surface area contributed by atoms with Crippen LogP contribution in [0.5, 0.6) is 0 Å². The molecule has 0 heterocycles. The molecular weight excluding hydrogens is 360 g/mol. The second kappa shape index (κ2) is 6.77. The number of halogens is 3. The van der Waals surface area contributed by atoms with Crippen molar-refractivity contribution in [1.82, 2.24) is 4.72 Å². The Labute approximate surface area is 145 Å². The van der Waals surface area contributed by atoms with Crippen LogP contribution in [0, 0.1) is 5.82 Å². The van der Waals surface area contributed by atoms with Crippen molar-refractivity contribution in [3.63, 3.8) is 0 Å². The Bertz CT molecular complexity index is 805. The van der Waals surface area contributed by atoms with Gasteiger partial charge in [-0.3, -0.25) is 0 Å². The van der Waals surface area contributed by atoms with Crippen LogP contribution in [-0.2, 0) is 16.4 Å². The van der Waals surface area contributed by atoms with E-state index in [2.05, 4.69) is 4.72 Å². The minimum atomic E-state index is -3.84. The molecule has 124 valence electrons. The van der Waals surface area contributed by atoms with Gasteiger partial charge in [0.25, 0.3) is 0 Å². The molecule has 0 spiro atoms. The predicted molar refractivity (Wildman–Crippen MR) is 91.0 cm³/mol. The van der Waals surface area contributed by atoms with Gasteiger partial charge in [0, 0.05) is 10.6 Å². The highest BCUT2D eigenvalue weighted by molar-refractivity contribution is 7.89. The van der Waals surface area contributed by atoms with Crippen molar-refractivity contribution >= 4 is 33.2 Å². The van der Waals surface area contributed by atoms with Gasteiger partial charge < -0.3 is 0 Å². The lowest BCUT2D eigenvalue weighted by atomic mass is 9.96. The number of benzene rings is 2. The van der Waals surface area contributed by atoms with Crippen LogP contribution in [0.25, 0.3) is 0 Å². The molecule has 0 saturated heterocycles. The summed E-state index contributed by atoms with van der Waals surface area (Å²) in [4.78, 5) is -0.0705. The van der Waals surface area contributed by atoms with Crippen molar-refractivity contribution < 1.29 is 12.8 Å². The quantitative estimate of drug-likeness (QED) is 0.839. The minimum absolute atomic E-state index is 0.0705. The highest BCUT2D eigenvalue weighted by atomic mass is 35.5. The van der Waals surface area contributed by atoms with Crippen molar-refractivity contribution in [3.8, 4) is 0 Å². The summed E-state index contributed by atoms with van der Waals surface area (Å²) in [6.45, 7) is 3.48. The van der Waals surface area contributed by atoms with Gasteiger partial charge in [-0.05, 0) is 56.2 Å². The number of hydrogen-bond donors (Lipinski definition) is 1. The van der Waals surface area contributed by atoms with Gasteiger partial charge in [-0.2, -0.15) is 0 Å². The number of hydrogen-bond acceptors (Lipinski definition) is 2. The van der Waals surface area contributed by atoms with E-state index in [4.69, 9.17) is 23.2 Å². The molecule has 2 aromatic carbocycles. The van der Waals surface area contributed by atoms with Gasteiger partial charge >= 0.3 is 0 Å². The maximum absolute atomic E-state index is 13.0. The van der Waals surface area contributed by atoms with Crippen molar-refractivity contribution in [2.24, 2.45) is 0 Å². The maximum atomic E-state index is 13.0. The number of nitrogens with one attached hydrogen (secondary N) is 1. The van der Waals surface area contributed by atoms with Crippen LogP contribution in [0.3, 0.4) is 0 Å². The van der Waals surface area contributed by atoms with Crippen LogP contribution in [0.2, 0.25) is 10.0 Å². The molecule has 3 nitrogen and oxygen atoms in total. The van der Waals surface area contributed by atoms with E-state index in [0.717, 1.165) is 5.56 Å². The highest BCUT2D eigenvalue weighted by Crippen LogP contribution is 2.26. The minimum Gasteiger partial charge on any atom is -0.207 e. The summed E-state index contributed by atoms with van der Waals surface area (Å²) < 4.78 is 40.7. The van der Waals surface area contributed by atoms with E-state index in [1.165, 1.54) is 30.3 Å². The second-order valence-corrected chi connectivity index (χ2v) is 8.36. The standard InChI is InChI=1S/C16H16Cl2FNO2S/c1-16(2,10-11-3-6-13(19)7-4-11)20-23(21,22)15-9-12(17)5-8-14(15)18/h3-9,20H,10H2,1-2H3. The van der Waals surface area contributed by atoms with E-state index < -0.39 is 15.6 Å². The summed E-state index contributed by atoms with van der Waals surface area (Å²) in [5, 5.41) is 0.380. The molecule has 2 aromatic rings. The lowest BCUT2D eigenvalue weighted by molar-refractivity contribution is 0.450. The first kappa shape index (κ1) is 18.2. The fraction of sp³-hybridized carbons (Fsp3) is 0.250. The third-order valence-electron chi connectivity index (χ3n) is 3.15. The van der Waals surface area contributed by atoms with E-state index in [-0.39, 0.29) is 20.8 Å². The third-order valence-corrected chi connectivity index (χ3v) is 5.57. The molecule has 0 aliphatic carbocycles. The molecule has 0 saturated carbocycles. The topological polar surface area (TPSA) is 46.2 Å². The summed E-state index contributed by atoms with van der Waals surface area (Å²) in [6.07, 6.45) is 0.394. The van der Waals surface area contributed by atoms with Crippen LogP contribution < -0.4 is 4.72 Å². The molecule has 0 bridgehead atoms. The molecule has 1 N–H and O–H groups in total. The molecule has 0 amide bonds. The SMILES string of the molecule is CC(C)(Cc1ccc(F)cc1)NS(=O)(=O)c1cc(Cl)ccc1Cl. The third kappa shape index (κ3) is 4.91. The number of sulfonamides is 1. The first-order valence-corrected chi connectivity index (χ1v) is 9.06. The van der Waals surface area contributed by atoms with Crippen molar-refractivity contribution in [2.75, 3.05) is 0 Å². The zero-order valence-electron chi connectivity index (χ0n) is 12.6. The van der Waals surface area contributed by atoms with Crippen LogP contribution in [0.15, 0.2) is 47.4 Å². The van der Waals surface area contributed by atoms with Gasteiger partial charge in [0.05, 0.1) is 5.02 Å². The van der Waals surface area contributed by atoms with Gasteiger partial charge in [-0.1, -0.05) is 35.3 Å². The summed E-state index contributed by atoms with van der Waals surface area (Å²) in [5.41, 5.74) is 0.0266. The van der Waals surface area contributed by atoms with E-state index in [9.17, 15) is 12.8 Å². The molecule has 0 aliphatic rings. The maximum Gasteiger partial charge on any atom is 0.242 e. The van der Waals surface area contributed by atoms with Gasteiger partial charge in [-0.25, -0.2) is 17.5 Å². The Kier molecular flexibility index (Phi) is 5.36. The molecule has 0 radical (unpaired) electrons. The summed E-state index contributed by atoms with van der Waals surface area (Å²) in [7, 11) is -3.84. The van der Waals surface area contributed by atoms with E-state index in [1.807, 2.05) is 0 Å². The van der Waals surface area contributed by atoms with E-state index in [0.29, 0.717) is 6.42 Å². The van der Waals surface area contributed by atoms with E-state index in [1.54, 1.807) is 26.0 Å². The fourth-order valence-corrected chi connectivity index (χ4v) is 4.43. The van der Waals surface area contributed by atoms with Crippen LogP contribution in [0.4, 0.5) is 4.39 Å². The fourth-order valence-electron chi connectivity index (χ4n) is 2.25. The Hall–Kier alpha value is -1.14. The molecule has 0 atom stereocenters. The average molecular weight is 376 g/mol. The first-order valence-electron chi connectivity index (χ1n) is 6.83. The van der Waals surface area contributed by atoms with Crippen LogP contribution >= 0.6 is 23.2 Å². The smallest absolute Gasteiger partial charge is 0.207 e. The average Bonchev–Trinajstić information content (AvgIpc) is 2.42. The monoisotopic (exact) mass is 375 g/mol. The normalized spacial score (nSPS) is 12.4. The van der Waals surface area contributed by atoms with Gasteiger partial charge in [0.1, 0.15) is 10.7 Å². The molecule has 0 unspecified atom stereocenters. The molecular formula is C16H16Cl2FNO2S. The second-order valence-electron chi connectivity index (χ2n) is 5.87. The van der Waals surface area contributed by atoms with E-state index >= 15 is 0 Å². The van der Waals surface area contributed by atoms with Crippen LogP contribution in [-0.4, -0.2) is 14.0 Å². The highest BCUT2D eigenvalue weighted by Gasteiger charge is 2.28. The van der Waals surface area contributed by atoms with Crippen molar-refractivity contribution in [2.45, 2.75) is 30.7 Å². The lowest BCUT2D eigenvalue weighted by Crippen LogP contribution is -2.45. The molecule has 0 aliphatic heterocycles.